The Hall–Kier alpha value is -2.18. The third-order valence-electron chi connectivity index (χ3n) is 3.82. The maximum absolute atomic E-state index is 12.3. The van der Waals surface area contributed by atoms with Crippen molar-refractivity contribution < 1.29 is 9.53 Å². The molecule has 3 aromatic rings. The molecule has 0 bridgehead atoms. The zero-order chi connectivity index (χ0) is 17.4. The van der Waals surface area contributed by atoms with E-state index in [1.54, 1.807) is 31.2 Å². The summed E-state index contributed by atoms with van der Waals surface area (Å²) in [6.07, 6.45) is -0.700. The summed E-state index contributed by atoms with van der Waals surface area (Å²) in [6.45, 7) is 5.50. The number of hydrogen-bond donors (Lipinski definition) is 1. The first-order valence-corrected chi connectivity index (χ1v) is 8.53. The van der Waals surface area contributed by atoms with Crippen molar-refractivity contribution in [3.63, 3.8) is 0 Å². The predicted molar refractivity (Wildman–Crippen MR) is 95.0 cm³/mol. The van der Waals surface area contributed by atoms with Crippen LogP contribution in [0, 0.1) is 13.8 Å². The Balaban J connectivity index is 1.92. The van der Waals surface area contributed by atoms with Crippen LogP contribution in [0.15, 0.2) is 29.1 Å². The van der Waals surface area contributed by atoms with Crippen molar-refractivity contribution in [2.24, 2.45) is 0 Å². The second-order valence-electron chi connectivity index (χ2n) is 5.44. The van der Waals surface area contributed by atoms with Crippen LogP contribution in [0.5, 0.6) is 0 Å². The summed E-state index contributed by atoms with van der Waals surface area (Å²) in [5.41, 5.74) is 0.978. The second kappa shape index (κ2) is 6.37. The van der Waals surface area contributed by atoms with Crippen molar-refractivity contribution in [2.45, 2.75) is 26.9 Å². The highest BCUT2D eigenvalue weighted by atomic mass is 35.5. The van der Waals surface area contributed by atoms with Crippen molar-refractivity contribution in [1.29, 1.82) is 0 Å². The van der Waals surface area contributed by atoms with Crippen LogP contribution in [-0.4, -0.2) is 15.9 Å². The van der Waals surface area contributed by atoms with E-state index in [9.17, 15) is 9.59 Å². The molecule has 3 rings (SSSR count). The van der Waals surface area contributed by atoms with Gasteiger partial charge < -0.3 is 9.72 Å². The number of esters is 1. The van der Waals surface area contributed by atoms with Crippen LogP contribution in [-0.2, 0) is 4.74 Å². The Kier molecular flexibility index (Phi) is 4.43. The van der Waals surface area contributed by atoms with E-state index in [0.29, 0.717) is 21.1 Å². The third kappa shape index (κ3) is 2.95. The molecule has 7 heteroatoms. The number of carbonyl (C=O) groups excluding carboxylic acids is 1. The molecule has 0 radical (unpaired) electrons. The lowest BCUT2D eigenvalue weighted by Crippen LogP contribution is -2.17. The fraction of sp³-hybridized carbons (Fsp3) is 0.235. The number of benzene rings is 1. The van der Waals surface area contributed by atoms with Crippen LogP contribution in [0.3, 0.4) is 0 Å². The van der Waals surface area contributed by atoms with Gasteiger partial charge in [-0.1, -0.05) is 23.7 Å². The molecular weight excluding hydrogens is 348 g/mol. The SMILES string of the molecule is Cc1sc2nc(C(C)OC(=O)c3ccccc3Cl)[nH]c(=O)c2c1C. The van der Waals surface area contributed by atoms with Gasteiger partial charge in [-0.2, -0.15) is 0 Å². The first-order valence-electron chi connectivity index (χ1n) is 7.34. The van der Waals surface area contributed by atoms with Crippen LogP contribution in [0.1, 0.15) is 39.7 Å². The number of halogens is 1. The Morgan fingerprint density at radius 3 is 2.75 bits per heavy atom. The Morgan fingerprint density at radius 1 is 1.33 bits per heavy atom. The summed E-state index contributed by atoms with van der Waals surface area (Å²) in [7, 11) is 0. The van der Waals surface area contributed by atoms with Gasteiger partial charge in [0.1, 0.15) is 4.83 Å². The van der Waals surface area contributed by atoms with Crippen LogP contribution in [0.25, 0.3) is 10.2 Å². The van der Waals surface area contributed by atoms with Crippen LogP contribution in [0.4, 0.5) is 0 Å². The van der Waals surface area contributed by atoms with E-state index < -0.39 is 12.1 Å². The largest absolute Gasteiger partial charge is 0.451 e. The number of nitrogens with zero attached hydrogens (tertiary/aromatic N) is 1. The highest BCUT2D eigenvalue weighted by Gasteiger charge is 2.20. The van der Waals surface area contributed by atoms with Crippen molar-refractivity contribution >= 4 is 39.1 Å². The summed E-state index contributed by atoms with van der Waals surface area (Å²) < 4.78 is 5.39. The Labute approximate surface area is 147 Å². The van der Waals surface area contributed by atoms with Crippen molar-refractivity contribution in [3.8, 4) is 0 Å². The van der Waals surface area contributed by atoms with Crippen molar-refractivity contribution in [3.05, 3.63) is 61.5 Å². The van der Waals surface area contributed by atoms with Gasteiger partial charge in [0, 0.05) is 4.88 Å². The molecule has 0 saturated heterocycles. The lowest BCUT2D eigenvalue weighted by molar-refractivity contribution is 0.0320. The molecule has 2 heterocycles. The van der Waals surface area contributed by atoms with Gasteiger partial charge in [-0.3, -0.25) is 4.79 Å². The van der Waals surface area contributed by atoms with Gasteiger partial charge in [0.2, 0.25) is 0 Å². The van der Waals surface area contributed by atoms with E-state index >= 15 is 0 Å². The number of aromatic nitrogens is 2. The minimum Gasteiger partial charge on any atom is -0.451 e. The number of fused-ring (bicyclic) bond motifs is 1. The fourth-order valence-electron chi connectivity index (χ4n) is 2.37. The molecule has 24 heavy (non-hydrogen) atoms. The minimum atomic E-state index is -0.700. The number of H-pyrrole nitrogens is 1. The molecule has 1 atom stereocenters. The third-order valence-corrected chi connectivity index (χ3v) is 5.25. The fourth-order valence-corrected chi connectivity index (χ4v) is 3.62. The van der Waals surface area contributed by atoms with E-state index in [1.165, 1.54) is 11.3 Å². The zero-order valence-electron chi connectivity index (χ0n) is 13.3. The average molecular weight is 363 g/mol. The molecule has 0 fully saturated rings. The molecule has 0 aliphatic rings. The second-order valence-corrected chi connectivity index (χ2v) is 7.05. The van der Waals surface area contributed by atoms with Crippen molar-refractivity contribution in [1.82, 2.24) is 9.97 Å². The summed E-state index contributed by atoms with van der Waals surface area (Å²) in [5.74, 6) is -0.247. The highest BCUT2D eigenvalue weighted by molar-refractivity contribution is 7.18. The van der Waals surface area contributed by atoms with Gasteiger partial charge in [0.05, 0.1) is 16.0 Å². The maximum atomic E-state index is 12.3. The summed E-state index contributed by atoms with van der Waals surface area (Å²) >= 11 is 7.45. The number of carbonyl (C=O) groups is 1. The molecule has 0 saturated carbocycles. The standard InChI is InChI=1S/C17H15ClN2O3S/c1-8-10(3)24-16-13(8)15(21)19-14(20-16)9(2)23-17(22)11-6-4-5-7-12(11)18/h4-7,9H,1-3H3,(H,19,20,21). The highest BCUT2D eigenvalue weighted by Crippen LogP contribution is 2.27. The lowest BCUT2D eigenvalue weighted by Gasteiger charge is -2.13. The Morgan fingerprint density at radius 2 is 2.04 bits per heavy atom. The van der Waals surface area contributed by atoms with Gasteiger partial charge in [-0.15, -0.1) is 11.3 Å². The zero-order valence-corrected chi connectivity index (χ0v) is 14.9. The number of aryl methyl sites for hydroxylation is 2. The van der Waals surface area contributed by atoms with Gasteiger partial charge in [0.15, 0.2) is 11.9 Å². The molecule has 2 aromatic heterocycles. The molecule has 0 amide bonds. The minimum absolute atomic E-state index is 0.225. The molecule has 1 N–H and O–H groups in total. The molecule has 0 spiro atoms. The first kappa shape index (κ1) is 16.7. The molecule has 1 aromatic carbocycles. The smallest absolute Gasteiger partial charge is 0.340 e. The van der Waals surface area contributed by atoms with Gasteiger partial charge >= 0.3 is 5.97 Å². The molecule has 1 unspecified atom stereocenters. The normalized spacial score (nSPS) is 12.3. The predicted octanol–water partition coefficient (Wildman–Crippen LogP) is 4.17. The van der Waals surface area contributed by atoms with E-state index in [-0.39, 0.29) is 11.1 Å². The van der Waals surface area contributed by atoms with Crippen LogP contribution in [0.2, 0.25) is 5.02 Å². The quantitative estimate of drug-likeness (QED) is 0.709. The summed E-state index contributed by atoms with van der Waals surface area (Å²) in [6, 6.07) is 6.64. The number of ether oxygens (including phenoxy) is 1. The topological polar surface area (TPSA) is 72.0 Å². The monoisotopic (exact) mass is 362 g/mol. The molecule has 0 aliphatic heterocycles. The van der Waals surface area contributed by atoms with Gasteiger partial charge in [-0.25, -0.2) is 9.78 Å². The van der Waals surface area contributed by atoms with Crippen molar-refractivity contribution in [2.75, 3.05) is 0 Å². The van der Waals surface area contributed by atoms with E-state index in [1.807, 2.05) is 13.8 Å². The van der Waals surface area contributed by atoms with Gasteiger partial charge in [0.25, 0.3) is 5.56 Å². The molecule has 5 nitrogen and oxygen atoms in total. The summed E-state index contributed by atoms with van der Waals surface area (Å²) in [4.78, 5) is 33.4. The van der Waals surface area contributed by atoms with Gasteiger partial charge in [-0.05, 0) is 38.5 Å². The van der Waals surface area contributed by atoms with Crippen LogP contribution >= 0.6 is 22.9 Å². The number of nitrogens with one attached hydrogen (secondary N) is 1. The van der Waals surface area contributed by atoms with E-state index in [2.05, 4.69) is 9.97 Å². The molecular formula is C17H15ClN2O3S. The number of thiophene rings is 1. The van der Waals surface area contributed by atoms with Crippen LogP contribution < -0.4 is 5.56 Å². The number of rotatable bonds is 3. The Bertz CT molecular complexity index is 993. The summed E-state index contributed by atoms with van der Waals surface area (Å²) in [5, 5.41) is 0.905. The molecule has 124 valence electrons. The number of hydrogen-bond acceptors (Lipinski definition) is 5. The maximum Gasteiger partial charge on any atom is 0.340 e. The first-order chi connectivity index (χ1) is 11.4. The molecule has 0 aliphatic carbocycles. The average Bonchev–Trinajstić information content (AvgIpc) is 2.82. The van der Waals surface area contributed by atoms with E-state index in [0.717, 1.165) is 10.4 Å². The number of aromatic amines is 1. The lowest BCUT2D eigenvalue weighted by atomic mass is 10.2. The van der Waals surface area contributed by atoms with E-state index in [4.69, 9.17) is 16.3 Å².